The first-order valence-electron chi connectivity index (χ1n) is 5.62. The molecular formula is C11H11N5O3S. The van der Waals surface area contributed by atoms with E-state index in [1.165, 1.54) is 41.4 Å². The molecule has 2 aromatic rings. The van der Waals surface area contributed by atoms with Gasteiger partial charge in [-0.1, -0.05) is 6.07 Å². The van der Waals surface area contributed by atoms with E-state index in [4.69, 9.17) is 5.11 Å². The van der Waals surface area contributed by atoms with Gasteiger partial charge in [-0.25, -0.2) is 4.68 Å². The second kappa shape index (κ2) is 6.78. The molecule has 0 saturated carbocycles. The Kier molecular flexibility index (Phi) is 4.80. The first kappa shape index (κ1) is 14.2. The van der Waals surface area contributed by atoms with Crippen LogP contribution in [0.15, 0.2) is 40.9 Å². The van der Waals surface area contributed by atoms with Gasteiger partial charge in [0.2, 0.25) is 0 Å². The smallest absolute Gasteiger partial charge is 0.283 e. The Morgan fingerprint density at radius 1 is 1.45 bits per heavy atom. The Balaban J connectivity index is 2.23. The molecule has 0 fully saturated rings. The lowest BCUT2D eigenvalue weighted by Crippen LogP contribution is -1.95. The van der Waals surface area contributed by atoms with E-state index < -0.39 is 4.92 Å². The molecule has 1 N–H and O–H groups in total. The summed E-state index contributed by atoms with van der Waals surface area (Å²) in [6, 6.07) is 4.81. The van der Waals surface area contributed by atoms with Crippen LogP contribution in [0.5, 0.6) is 0 Å². The standard InChI is InChI=1S/C11H11N5O3S/c17-3-4-20-11-2-1-9(5-10(11)16(18)19)6-14-15-7-12-13-8-15/h1-2,5-8,17H,3-4H2. The molecule has 1 aromatic heterocycles. The van der Waals surface area contributed by atoms with Gasteiger partial charge in [0.15, 0.2) is 0 Å². The van der Waals surface area contributed by atoms with Crippen molar-refractivity contribution in [1.82, 2.24) is 14.9 Å². The van der Waals surface area contributed by atoms with Gasteiger partial charge >= 0.3 is 0 Å². The molecule has 2 rings (SSSR count). The van der Waals surface area contributed by atoms with Gasteiger partial charge in [0.1, 0.15) is 12.7 Å². The lowest BCUT2D eigenvalue weighted by molar-refractivity contribution is -0.387. The second-order valence-corrected chi connectivity index (χ2v) is 4.78. The molecule has 0 saturated heterocycles. The van der Waals surface area contributed by atoms with Crippen LogP contribution in [0.4, 0.5) is 5.69 Å². The summed E-state index contributed by atoms with van der Waals surface area (Å²) in [5.74, 6) is 0.412. The summed E-state index contributed by atoms with van der Waals surface area (Å²) in [7, 11) is 0. The van der Waals surface area contributed by atoms with Gasteiger partial charge in [0.25, 0.3) is 5.69 Å². The SMILES string of the molecule is O=[N+]([O-])c1cc(C=Nn2cnnc2)ccc1SCCO. The maximum atomic E-state index is 11.0. The Labute approximate surface area is 118 Å². The molecular weight excluding hydrogens is 282 g/mol. The van der Waals surface area contributed by atoms with Crippen molar-refractivity contribution in [1.29, 1.82) is 0 Å². The zero-order valence-corrected chi connectivity index (χ0v) is 11.1. The van der Waals surface area contributed by atoms with Crippen molar-refractivity contribution in [3.05, 3.63) is 46.5 Å². The molecule has 1 heterocycles. The molecule has 9 heteroatoms. The van der Waals surface area contributed by atoms with E-state index in [-0.39, 0.29) is 12.3 Å². The van der Waals surface area contributed by atoms with Crippen LogP contribution < -0.4 is 0 Å². The molecule has 0 amide bonds. The Morgan fingerprint density at radius 3 is 2.85 bits per heavy atom. The number of rotatable bonds is 6. The summed E-state index contributed by atoms with van der Waals surface area (Å²) in [6.45, 7) is -0.0291. The zero-order valence-electron chi connectivity index (χ0n) is 10.3. The van der Waals surface area contributed by atoms with Crippen LogP contribution in [0.1, 0.15) is 5.56 Å². The van der Waals surface area contributed by atoms with Crippen LogP contribution >= 0.6 is 11.8 Å². The number of aromatic nitrogens is 3. The quantitative estimate of drug-likeness (QED) is 0.370. The summed E-state index contributed by atoms with van der Waals surface area (Å²) in [6.07, 6.45) is 4.31. The van der Waals surface area contributed by atoms with Gasteiger partial charge in [0, 0.05) is 17.4 Å². The van der Waals surface area contributed by atoms with Crippen LogP contribution in [0, 0.1) is 10.1 Å². The highest BCUT2D eigenvalue weighted by molar-refractivity contribution is 7.99. The molecule has 0 aliphatic heterocycles. The normalized spacial score (nSPS) is 11.1. The minimum absolute atomic E-state index is 0.00356. The average molecular weight is 293 g/mol. The molecule has 0 spiro atoms. The monoisotopic (exact) mass is 293 g/mol. The van der Waals surface area contributed by atoms with E-state index in [0.717, 1.165) is 0 Å². The summed E-state index contributed by atoms with van der Waals surface area (Å²) in [5, 5.41) is 31.0. The molecule has 0 unspecified atom stereocenters. The number of aliphatic hydroxyl groups is 1. The maximum absolute atomic E-state index is 11.0. The van der Waals surface area contributed by atoms with Crippen molar-refractivity contribution >= 4 is 23.7 Å². The Hall–Kier alpha value is -2.26. The summed E-state index contributed by atoms with van der Waals surface area (Å²) in [4.78, 5) is 11.1. The number of nitro benzene ring substituents is 1. The third-order valence-corrected chi connectivity index (χ3v) is 3.32. The van der Waals surface area contributed by atoms with Gasteiger partial charge in [-0.3, -0.25) is 10.1 Å². The highest BCUT2D eigenvalue weighted by Crippen LogP contribution is 2.29. The van der Waals surface area contributed by atoms with Crippen LogP contribution in [-0.2, 0) is 0 Å². The summed E-state index contributed by atoms with van der Waals surface area (Å²) < 4.78 is 1.39. The van der Waals surface area contributed by atoms with E-state index in [9.17, 15) is 10.1 Å². The average Bonchev–Trinajstić information content (AvgIpc) is 2.96. The third-order valence-electron chi connectivity index (χ3n) is 2.28. The molecule has 0 aliphatic carbocycles. The van der Waals surface area contributed by atoms with Crippen LogP contribution in [-0.4, -0.2) is 43.5 Å². The molecule has 104 valence electrons. The van der Waals surface area contributed by atoms with Gasteiger partial charge in [-0.05, 0) is 6.07 Å². The summed E-state index contributed by atoms with van der Waals surface area (Å²) >= 11 is 1.24. The lowest BCUT2D eigenvalue weighted by atomic mass is 10.2. The highest BCUT2D eigenvalue weighted by Gasteiger charge is 2.14. The van der Waals surface area contributed by atoms with Crippen LogP contribution in [0.25, 0.3) is 0 Å². The van der Waals surface area contributed by atoms with Crippen molar-refractivity contribution in [3.63, 3.8) is 0 Å². The largest absolute Gasteiger partial charge is 0.396 e. The Bertz CT molecular complexity index is 615. The first-order valence-corrected chi connectivity index (χ1v) is 6.60. The lowest BCUT2D eigenvalue weighted by Gasteiger charge is -2.02. The van der Waals surface area contributed by atoms with Crippen molar-refractivity contribution < 1.29 is 10.0 Å². The molecule has 0 bridgehead atoms. The highest BCUT2D eigenvalue weighted by atomic mass is 32.2. The van der Waals surface area contributed by atoms with Crippen molar-refractivity contribution in [2.75, 3.05) is 12.4 Å². The molecule has 20 heavy (non-hydrogen) atoms. The van der Waals surface area contributed by atoms with E-state index in [1.807, 2.05) is 0 Å². The minimum Gasteiger partial charge on any atom is -0.396 e. The minimum atomic E-state index is -0.449. The van der Waals surface area contributed by atoms with E-state index in [0.29, 0.717) is 16.2 Å². The number of nitro groups is 1. The number of hydrogen-bond donors (Lipinski definition) is 1. The number of benzene rings is 1. The Morgan fingerprint density at radius 2 is 2.20 bits per heavy atom. The van der Waals surface area contributed by atoms with Gasteiger partial charge in [-0.2, -0.15) is 5.10 Å². The molecule has 0 radical (unpaired) electrons. The fourth-order valence-electron chi connectivity index (χ4n) is 1.42. The van der Waals surface area contributed by atoms with Crippen molar-refractivity contribution in [2.24, 2.45) is 5.10 Å². The molecule has 8 nitrogen and oxygen atoms in total. The number of aliphatic hydroxyl groups excluding tert-OH is 1. The molecule has 0 atom stereocenters. The van der Waals surface area contributed by atoms with Gasteiger partial charge < -0.3 is 5.11 Å². The van der Waals surface area contributed by atoms with Crippen LogP contribution in [0.3, 0.4) is 0 Å². The summed E-state index contributed by atoms with van der Waals surface area (Å²) in [5.41, 5.74) is 0.593. The maximum Gasteiger partial charge on any atom is 0.283 e. The zero-order chi connectivity index (χ0) is 14.4. The second-order valence-electron chi connectivity index (χ2n) is 3.64. The van der Waals surface area contributed by atoms with Crippen molar-refractivity contribution in [3.8, 4) is 0 Å². The van der Waals surface area contributed by atoms with Crippen LogP contribution in [0.2, 0.25) is 0 Å². The predicted molar refractivity (Wildman–Crippen MR) is 73.9 cm³/mol. The predicted octanol–water partition coefficient (Wildman–Crippen LogP) is 1.15. The fraction of sp³-hybridized carbons (Fsp3) is 0.182. The van der Waals surface area contributed by atoms with Gasteiger partial charge in [-0.15, -0.1) is 22.0 Å². The number of hydrogen-bond acceptors (Lipinski definition) is 7. The van der Waals surface area contributed by atoms with Crippen molar-refractivity contribution in [2.45, 2.75) is 4.90 Å². The van der Waals surface area contributed by atoms with E-state index in [1.54, 1.807) is 12.1 Å². The fourth-order valence-corrected chi connectivity index (χ4v) is 2.18. The van der Waals surface area contributed by atoms with E-state index >= 15 is 0 Å². The third kappa shape index (κ3) is 3.62. The number of nitrogens with zero attached hydrogens (tertiary/aromatic N) is 5. The topological polar surface area (TPSA) is 106 Å². The molecule has 0 aliphatic rings. The first-order chi connectivity index (χ1) is 9.70. The van der Waals surface area contributed by atoms with E-state index in [2.05, 4.69) is 15.3 Å². The molecule has 1 aromatic carbocycles. The van der Waals surface area contributed by atoms with Gasteiger partial charge in [0.05, 0.1) is 22.6 Å². The number of thioether (sulfide) groups is 1.